The van der Waals surface area contributed by atoms with Crippen LogP contribution in [-0.2, 0) is 4.79 Å². The van der Waals surface area contributed by atoms with Gasteiger partial charge in [-0.3, -0.25) is 4.79 Å². The maximum atomic E-state index is 12.0. The van der Waals surface area contributed by atoms with Gasteiger partial charge in [-0.1, -0.05) is 6.92 Å². The highest BCUT2D eigenvalue weighted by molar-refractivity contribution is 5.96. The van der Waals surface area contributed by atoms with Crippen molar-refractivity contribution in [2.75, 3.05) is 0 Å². The number of nitriles is 1. The van der Waals surface area contributed by atoms with Crippen LogP contribution < -0.4 is 5.32 Å². The number of hydrogen-bond acceptors (Lipinski definition) is 4. The van der Waals surface area contributed by atoms with Gasteiger partial charge >= 0.3 is 0 Å². The van der Waals surface area contributed by atoms with E-state index in [-0.39, 0.29) is 5.78 Å². The molecule has 0 saturated heterocycles. The number of carbonyl (C=O) groups excluding carboxylic acids is 1. The van der Waals surface area contributed by atoms with Gasteiger partial charge in [0, 0.05) is 17.7 Å². The Morgan fingerprint density at radius 1 is 1.59 bits per heavy atom. The zero-order valence-electron chi connectivity index (χ0n) is 10.1. The van der Waals surface area contributed by atoms with E-state index in [1.807, 2.05) is 6.92 Å². The van der Waals surface area contributed by atoms with Crippen LogP contribution in [0.2, 0.25) is 0 Å². The third-order valence-electron chi connectivity index (χ3n) is 3.40. The van der Waals surface area contributed by atoms with Gasteiger partial charge in [-0.15, -0.1) is 0 Å². The van der Waals surface area contributed by atoms with Gasteiger partial charge in [-0.05, 0) is 31.6 Å². The van der Waals surface area contributed by atoms with Crippen molar-refractivity contribution in [1.82, 2.24) is 5.32 Å². The highest BCUT2D eigenvalue weighted by Crippen LogP contribution is 2.40. The van der Waals surface area contributed by atoms with Gasteiger partial charge < -0.3 is 10.4 Å². The van der Waals surface area contributed by atoms with E-state index in [2.05, 4.69) is 11.4 Å². The van der Waals surface area contributed by atoms with E-state index in [0.717, 1.165) is 30.5 Å². The summed E-state index contributed by atoms with van der Waals surface area (Å²) >= 11 is 0. The van der Waals surface area contributed by atoms with Crippen molar-refractivity contribution in [2.45, 2.75) is 45.3 Å². The summed E-state index contributed by atoms with van der Waals surface area (Å²) in [5, 5.41) is 21.7. The molecule has 17 heavy (non-hydrogen) atoms. The van der Waals surface area contributed by atoms with E-state index in [1.165, 1.54) is 0 Å². The standard InChI is InChI=1S/C13H18N2O2/c1-2-3-11(16)10-6-9(7-14)13(17)15-12(10)8-4-5-8/h8-9,13,15,17H,2-6H2,1H3/t9-,13+/m0/s1. The Bertz CT molecular complexity index is 391. The zero-order valence-corrected chi connectivity index (χ0v) is 10.1. The van der Waals surface area contributed by atoms with Crippen LogP contribution in [0.5, 0.6) is 0 Å². The summed E-state index contributed by atoms with van der Waals surface area (Å²) in [7, 11) is 0. The largest absolute Gasteiger partial charge is 0.372 e. The Balaban J connectivity index is 2.24. The third kappa shape index (κ3) is 2.50. The summed E-state index contributed by atoms with van der Waals surface area (Å²) in [5.74, 6) is 0.0301. The lowest BCUT2D eigenvalue weighted by Crippen LogP contribution is -2.41. The van der Waals surface area contributed by atoms with E-state index in [4.69, 9.17) is 5.26 Å². The molecule has 2 atom stereocenters. The maximum absolute atomic E-state index is 12.0. The molecule has 2 aliphatic rings. The molecule has 1 fully saturated rings. The minimum atomic E-state index is -0.825. The summed E-state index contributed by atoms with van der Waals surface area (Å²) < 4.78 is 0. The number of carbonyl (C=O) groups is 1. The van der Waals surface area contributed by atoms with Gasteiger partial charge in [-0.25, -0.2) is 0 Å². The fourth-order valence-corrected chi connectivity index (χ4v) is 2.28. The summed E-state index contributed by atoms with van der Waals surface area (Å²) in [5.41, 5.74) is 1.66. The van der Waals surface area contributed by atoms with Crippen molar-refractivity contribution in [3.63, 3.8) is 0 Å². The summed E-state index contributed by atoms with van der Waals surface area (Å²) in [6.45, 7) is 1.97. The molecule has 1 heterocycles. The van der Waals surface area contributed by atoms with E-state index in [1.54, 1.807) is 0 Å². The first-order valence-electron chi connectivity index (χ1n) is 6.27. The average Bonchev–Trinajstić information content (AvgIpc) is 3.12. The molecule has 0 aromatic carbocycles. The van der Waals surface area contributed by atoms with E-state index < -0.39 is 12.1 Å². The molecule has 1 aliphatic heterocycles. The number of aliphatic hydroxyl groups is 1. The van der Waals surface area contributed by atoms with Gasteiger partial charge in [0.1, 0.15) is 6.23 Å². The van der Waals surface area contributed by atoms with Crippen molar-refractivity contribution in [3.05, 3.63) is 11.3 Å². The van der Waals surface area contributed by atoms with Gasteiger partial charge in [0.15, 0.2) is 5.78 Å². The van der Waals surface area contributed by atoms with Gasteiger partial charge in [0.2, 0.25) is 0 Å². The topological polar surface area (TPSA) is 73.1 Å². The molecule has 1 saturated carbocycles. The normalized spacial score (nSPS) is 28.5. The SMILES string of the molecule is CCCC(=O)C1=C(C2CC2)N[C@H](O)[C@H](C#N)C1. The zero-order chi connectivity index (χ0) is 12.4. The van der Waals surface area contributed by atoms with Crippen LogP contribution >= 0.6 is 0 Å². The lowest BCUT2D eigenvalue weighted by molar-refractivity contribution is -0.116. The van der Waals surface area contributed by atoms with Crippen LogP contribution in [0.25, 0.3) is 0 Å². The molecule has 4 nitrogen and oxygen atoms in total. The lowest BCUT2D eigenvalue weighted by Gasteiger charge is -2.29. The molecule has 0 aromatic rings. The first kappa shape index (κ1) is 12.1. The highest BCUT2D eigenvalue weighted by Gasteiger charge is 2.37. The molecule has 2 rings (SSSR count). The Hall–Kier alpha value is -1.34. The summed E-state index contributed by atoms with van der Waals surface area (Å²) in [4.78, 5) is 12.0. The van der Waals surface area contributed by atoms with Gasteiger partial charge in [-0.2, -0.15) is 5.26 Å². The Kier molecular flexibility index (Phi) is 3.49. The lowest BCUT2D eigenvalue weighted by atomic mass is 9.88. The first-order valence-corrected chi connectivity index (χ1v) is 6.27. The molecule has 92 valence electrons. The van der Waals surface area contributed by atoms with Crippen molar-refractivity contribution >= 4 is 5.78 Å². The molecular formula is C13H18N2O2. The predicted molar refractivity (Wildman–Crippen MR) is 62.5 cm³/mol. The number of allylic oxidation sites excluding steroid dienone is 2. The third-order valence-corrected chi connectivity index (χ3v) is 3.40. The second-order valence-corrected chi connectivity index (χ2v) is 4.87. The van der Waals surface area contributed by atoms with Crippen LogP contribution in [0.4, 0.5) is 0 Å². The number of rotatable bonds is 4. The molecule has 0 spiro atoms. The Morgan fingerprint density at radius 2 is 2.29 bits per heavy atom. The van der Waals surface area contributed by atoms with E-state index >= 15 is 0 Å². The van der Waals surface area contributed by atoms with Crippen molar-refractivity contribution in [1.29, 1.82) is 5.26 Å². The van der Waals surface area contributed by atoms with E-state index in [9.17, 15) is 9.90 Å². The van der Waals surface area contributed by atoms with Crippen molar-refractivity contribution in [2.24, 2.45) is 11.8 Å². The quantitative estimate of drug-likeness (QED) is 0.772. The Labute approximate surface area is 101 Å². The van der Waals surface area contributed by atoms with Crippen LogP contribution in [0.3, 0.4) is 0 Å². The molecule has 4 heteroatoms. The van der Waals surface area contributed by atoms with Crippen LogP contribution in [0.1, 0.15) is 39.0 Å². The van der Waals surface area contributed by atoms with Crippen molar-refractivity contribution in [3.8, 4) is 6.07 Å². The second kappa shape index (κ2) is 4.89. The number of Topliss-reactive ketones (excluding diaryl/α,β-unsaturated/α-hetero) is 1. The van der Waals surface area contributed by atoms with Crippen LogP contribution in [-0.4, -0.2) is 17.1 Å². The fourth-order valence-electron chi connectivity index (χ4n) is 2.28. The number of nitrogens with one attached hydrogen (secondary N) is 1. The minimum absolute atomic E-state index is 0.133. The molecule has 0 radical (unpaired) electrons. The molecule has 2 N–H and O–H groups in total. The molecule has 0 unspecified atom stereocenters. The first-order chi connectivity index (χ1) is 8.17. The number of ketones is 1. The molecule has 0 amide bonds. The number of hydrogen-bond donors (Lipinski definition) is 2. The highest BCUT2D eigenvalue weighted by atomic mass is 16.3. The fraction of sp³-hybridized carbons (Fsp3) is 0.692. The molecule has 0 bridgehead atoms. The van der Waals surface area contributed by atoms with Crippen LogP contribution in [0.15, 0.2) is 11.3 Å². The van der Waals surface area contributed by atoms with Crippen molar-refractivity contribution < 1.29 is 9.90 Å². The number of nitrogens with zero attached hydrogens (tertiary/aromatic N) is 1. The van der Waals surface area contributed by atoms with Gasteiger partial charge in [0.25, 0.3) is 0 Å². The monoisotopic (exact) mass is 234 g/mol. The molecule has 1 aliphatic carbocycles. The minimum Gasteiger partial charge on any atom is -0.372 e. The van der Waals surface area contributed by atoms with Crippen LogP contribution in [0, 0.1) is 23.2 Å². The second-order valence-electron chi connectivity index (χ2n) is 4.87. The molecular weight excluding hydrogens is 216 g/mol. The maximum Gasteiger partial charge on any atom is 0.160 e. The average molecular weight is 234 g/mol. The molecule has 0 aromatic heterocycles. The summed E-state index contributed by atoms with van der Waals surface area (Å²) in [6, 6.07) is 2.06. The summed E-state index contributed by atoms with van der Waals surface area (Å²) in [6.07, 6.45) is 3.08. The number of aliphatic hydroxyl groups excluding tert-OH is 1. The Morgan fingerprint density at radius 3 is 2.82 bits per heavy atom. The van der Waals surface area contributed by atoms with E-state index in [0.29, 0.717) is 18.8 Å². The van der Waals surface area contributed by atoms with Gasteiger partial charge in [0.05, 0.1) is 12.0 Å². The smallest absolute Gasteiger partial charge is 0.160 e. The predicted octanol–water partition coefficient (Wildman–Crippen LogP) is 1.47.